The highest BCUT2D eigenvalue weighted by Crippen LogP contribution is 2.74. The van der Waals surface area contributed by atoms with E-state index >= 15 is 0 Å². The van der Waals surface area contributed by atoms with Crippen molar-refractivity contribution in [2.24, 2.45) is 0 Å². The molecule has 0 aromatic heterocycles. The molecule has 0 atom stereocenters. The van der Waals surface area contributed by atoms with Gasteiger partial charge in [0.1, 0.15) is 0 Å². The number of hydrogen-bond acceptors (Lipinski definition) is 4. The highest BCUT2D eigenvalue weighted by Gasteiger charge is 2.17. The van der Waals surface area contributed by atoms with Crippen molar-refractivity contribution in [1.29, 1.82) is 0 Å². The third-order valence-corrected chi connectivity index (χ3v) is 12.6. The first-order valence-corrected chi connectivity index (χ1v) is 14.5. The van der Waals surface area contributed by atoms with Crippen LogP contribution in [0.25, 0.3) is 0 Å². The van der Waals surface area contributed by atoms with Gasteiger partial charge >= 0.3 is 0 Å². The first-order chi connectivity index (χ1) is 10.6. The SMILES string of the molecule is S=P([S-])(Sc1c(Cl)cc(Cl)cc1Cl)Sc1c(Cl)cc(Cl)cc1Cl. The molecule has 0 aliphatic carbocycles. The van der Waals surface area contributed by atoms with Gasteiger partial charge in [0, 0.05) is 19.8 Å². The van der Waals surface area contributed by atoms with Gasteiger partial charge in [0.05, 0.1) is 20.1 Å². The first kappa shape index (κ1) is 21.2. The van der Waals surface area contributed by atoms with Gasteiger partial charge in [-0.1, -0.05) is 96.0 Å². The summed E-state index contributed by atoms with van der Waals surface area (Å²) >= 11 is 50.2. The predicted molar refractivity (Wildman–Crippen MR) is 116 cm³/mol. The molecule has 0 spiro atoms. The molecule has 0 aliphatic heterocycles. The normalized spacial score (nSPS) is 11.8. The lowest BCUT2D eigenvalue weighted by molar-refractivity contribution is 1.47. The molecule has 0 aliphatic rings. The van der Waals surface area contributed by atoms with Gasteiger partial charge in [0.25, 0.3) is 0 Å². The maximum absolute atomic E-state index is 6.18. The van der Waals surface area contributed by atoms with E-state index in [1.165, 1.54) is 22.8 Å². The average molecular weight is 520 g/mol. The monoisotopic (exact) mass is 517 g/mol. The van der Waals surface area contributed by atoms with E-state index in [0.29, 0.717) is 39.9 Å². The van der Waals surface area contributed by atoms with Crippen molar-refractivity contribution in [3.63, 3.8) is 0 Å². The molecule has 0 saturated carbocycles. The van der Waals surface area contributed by atoms with Gasteiger partial charge in [0.15, 0.2) is 0 Å². The van der Waals surface area contributed by atoms with Gasteiger partial charge in [-0.3, -0.25) is 0 Å². The van der Waals surface area contributed by atoms with Crippen LogP contribution in [0.4, 0.5) is 0 Å². The molecule has 0 N–H and O–H groups in total. The van der Waals surface area contributed by atoms with Gasteiger partial charge < -0.3 is 12.2 Å². The Morgan fingerprint density at radius 3 is 1.22 bits per heavy atom. The first-order valence-electron chi connectivity index (χ1n) is 5.58. The van der Waals surface area contributed by atoms with Gasteiger partial charge in [-0.15, -0.1) is 11.8 Å². The van der Waals surface area contributed by atoms with Crippen LogP contribution in [0.1, 0.15) is 0 Å². The average Bonchev–Trinajstić information content (AvgIpc) is 2.38. The van der Waals surface area contributed by atoms with Crippen LogP contribution in [0.3, 0.4) is 0 Å². The zero-order valence-corrected chi connectivity index (χ0v) is 19.4. The minimum absolute atomic E-state index is 0.403. The van der Waals surface area contributed by atoms with Crippen molar-refractivity contribution in [3.05, 3.63) is 54.4 Å². The number of benzene rings is 2. The van der Waals surface area contributed by atoms with E-state index in [9.17, 15) is 0 Å². The second-order valence-corrected chi connectivity index (χ2v) is 20.4. The van der Waals surface area contributed by atoms with E-state index in [4.69, 9.17) is 93.7 Å². The topological polar surface area (TPSA) is 0 Å². The zero-order valence-electron chi connectivity index (χ0n) is 10.7. The molecule has 2 aromatic rings. The Labute approximate surface area is 182 Å². The van der Waals surface area contributed by atoms with Gasteiger partial charge in [0.2, 0.25) is 0 Å². The largest absolute Gasteiger partial charge is 0.725 e. The van der Waals surface area contributed by atoms with E-state index in [2.05, 4.69) is 0 Å². The lowest BCUT2D eigenvalue weighted by atomic mass is 10.4. The summed E-state index contributed by atoms with van der Waals surface area (Å²) in [4.78, 5) is 1.20. The van der Waals surface area contributed by atoms with E-state index in [1.807, 2.05) is 0 Å². The Morgan fingerprint density at radius 1 is 0.696 bits per heavy atom. The third-order valence-electron chi connectivity index (χ3n) is 2.33. The third kappa shape index (κ3) is 5.94. The van der Waals surface area contributed by atoms with Crippen molar-refractivity contribution in [2.45, 2.75) is 9.79 Å². The molecular weight excluding hydrogens is 516 g/mol. The minimum atomic E-state index is -2.45. The smallest absolute Gasteiger partial charge is 0.0575 e. The van der Waals surface area contributed by atoms with E-state index < -0.39 is 3.64 Å². The standard InChI is InChI=1S/C12H5Cl6PS4/c13-5-1-7(15)11(8(16)2-5)22-19(20,21)23-12-9(17)3-6(14)4-10(12)18/h1-4H,(H,20,21)/p-1. The van der Waals surface area contributed by atoms with Crippen molar-refractivity contribution < 1.29 is 0 Å². The quantitative estimate of drug-likeness (QED) is 0.291. The summed E-state index contributed by atoms with van der Waals surface area (Å²) in [7, 11) is 0. The van der Waals surface area contributed by atoms with E-state index in [-0.39, 0.29) is 0 Å². The van der Waals surface area contributed by atoms with E-state index in [0.717, 1.165) is 0 Å². The molecular formula is C12H4Cl6PS4-. The Kier molecular flexibility index (Phi) is 8.02. The Bertz CT molecular complexity index is 703. The molecule has 124 valence electrons. The van der Waals surface area contributed by atoms with Crippen molar-refractivity contribution in [3.8, 4) is 0 Å². The predicted octanol–water partition coefficient (Wildman–Crippen LogP) is 9.26. The maximum atomic E-state index is 6.18. The number of hydrogen-bond donors (Lipinski definition) is 0. The van der Waals surface area contributed by atoms with Crippen molar-refractivity contribution in [1.82, 2.24) is 0 Å². The highest BCUT2D eigenvalue weighted by atomic mass is 35.5. The molecule has 2 rings (SSSR count). The van der Waals surface area contributed by atoms with Gasteiger partial charge in [-0.25, -0.2) is 0 Å². The van der Waals surface area contributed by atoms with Crippen LogP contribution in [0, 0.1) is 0 Å². The maximum Gasteiger partial charge on any atom is 0.0575 e. The van der Waals surface area contributed by atoms with E-state index in [1.54, 1.807) is 24.3 Å². The number of rotatable bonds is 4. The fraction of sp³-hybridized carbons (Fsp3) is 0. The second-order valence-electron chi connectivity index (χ2n) is 4.03. The molecule has 0 heterocycles. The molecule has 11 heteroatoms. The summed E-state index contributed by atoms with van der Waals surface area (Å²) in [5.74, 6) is 0. The summed E-state index contributed by atoms with van der Waals surface area (Å²) in [5, 5.41) is 2.50. The Balaban J connectivity index is 2.33. The summed E-state index contributed by atoms with van der Waals surface area (Å²) in [6.45, 7) is 0. The molecule has 23 heavy (non-hydrogen) atoms. The number of halogens is 6. The minimum Gasteiger partial charge on any atom is -0.725 e. The van der Waals surface area contributed by atoms with Gasteiger partial charge in [-0.2, -0.15) is 0 Å². The van der Waals surface area contributed by atoms with Crippen LogP contribution in [0.5, 0.6) is 0 Å². The van der Waals surface area contributed by atoms with Crippen LogP contribution >= 0.6 is 96.0 Å². The van der Waals surface area contributed by atoms with Crippen LogP contribution in [0.2, 0.25) is 30.1 Å². The van der Waals surface area contributed by atoms with Crippen molar-refractivity contribution >= 4 is 120 Å². The molecule has 0 saturated heterocycles. The Morgan fingerprint density at radius 2 is 0.957 bits per heavy atom. The molecule has 0 nitrogen and oxygen atoms in total. The molecule has 0 radical (unpaired) electrons. The lowest BCUT2D eigenvalue weighted by Crippen LogP contribution is -1.80. The lowest BCUT2D eigenvalue weighted by Gasteiger charge is -2.28. The summed E-state index contributed by atoms with van der Waals surface area (Å²) < 4.78 is -2.45. The van der Waals surface area contributed by atoms with Crippen LogP contribution in [-0.2, 0) is 24.1 Å². The summed E-state index contributed by atoms with van der Waals surface area (Å²) in [6, 6.07) is 6.37. The Hall–Kier alpha value is 1.88. The summed E-state index contributed by atoms with van der Waals surface area (Å²) in [5.41, 5.74) is 0. The molecule has 2 aromatic carbocycles. The van der Waals surface area contributed by atoms with Gasteiger partial charge in [-0.05, 0) is 24.3 Å². The zero-order chi connectivity index (χ0) is 17.4. The second kappa shape index (κ2) is 8.71. The molecule has 0 unspecified atom stereocenters. The summed E-state index contributed by atoms with van der Waals surface area (Å²) in [6.07, 6.45) is 0. The highest BCUT2D eigenvalue weighted by molar-refractivity contribution is 9.17. The van der Waals surface area contributed by atoms with Crippen LogP contribution in [-0.4, -0.2) is 0 Å². The van der Waals surface area contributed by atoms with Crippen LogP contribution < -0.4 is 0 Å². The van der Waals surface area contributed by atoms with Crippen LogP contribution in [0.15, 0.2) is 34.1 Å². The fourth-order valence-electron chi connectivity index (χ4n) is 1.47. The molecule has 0 bridgehead atoms. The fourth-order valence-corrected chi connectivity index (χ4v) is 12.3. The van der Waals surface area contributed by atoms with Crippen molar-refractivity contribution in [2.75, 3.05) is 0 Å². The molecule has 0 fully saturated rings. The molecule has 0 amide bonds.